The molecule has 0 unspecified atom stereocenters. The van der Waals surface area contributed by atoms with Crippen molar-refractivity contribution in [3.05, 3.63) is 29.3 Å². The van der Waals surface area contributed by atoms with Crippen molar-refractivity contribution >= 4 is 17.8 Å². The van der Waals surface area contributed by atoms with Crippen LogP contribution < -0.4 is 16.2 Å². The van der Waals surface area contributed by atoms with Crippen LogP contribution in [0.2, 0.25) is 0 Å². The van der Waals surface area contributed by atoms with Crippen molar-refractivity contribution in [3.8, 4) is 0 Å². The fourth-order valence-corrected chi connectivity index (χ4v) is 1.14. The van der Waals surface area contributed by atoms with Crippen molar-refractivity contribution in [2.45, 2.75) is 13.8 Å². The maximum Gasteiger partial charge on any atom is 0.425 e. The number of ether oxygens (including phenoxy) is 1. The summed E-state index contributed by atoms with van der Waals surface area (Å²) in [6.45, 7) is 3.93. The van der Waals surface area contributed by atoms with E-state index < -0.39 is 12.1 Å². The van der Waals surface area contributed by atoms with Gasteiger partial charge in [-0.3, -0.25) is 0 Å². The molecule has 17 heavy (non-hydrogen) atoms. The van der Waals surface area contributed by atoms with Crippen LogP contribution in [0.25, 0.3) is 0 Å². The summed E-state index contributed by atoms with van der Waals surface area (Å²) in [5.41, 5.74) is 7.06. The first-order chi connectivity index (χ1) is 8.02. The number of benzene rings is 1. The highest BCUT2D eigenvalue weighted by molar-refractivity contribution is 5.90. The summed E-state index contributed by atoms with van der Waals surface area (Å²) in [6, 6.07) is 4.98. The topological polar surface area (TPSA) is 79.5 Å². The molecule has 0 bridgehead atoms. The number of amides is 3. The molecule has 0 atom stereocenters. The number of nitrogens with one attached hydrogen (secondary N) is 3. The largest absolute Gasteiger partial charge is 0.452 e. The third-order valence-electron chi connectivity index (χ3n) is 2.23. The van der Waals surface area contributed by atoms with E-state index in [4.69, 9.17) is 0 Å². The predicted molar refractivity (Wildman–Crippen MR) is 63.6 cm³/mol. The van der Waals surface area contributed by atoms with Crippen molar-refractivity contribution in [1.29, 1.82) is 0 Å². The van der Waals surface area contributed by atoms with Crippen LogP contribution in [0.3, 0.4) is 0 Å². The molecule has 0 aromatic heterocycles. The molecule has 0 saturated heterocycles. The summed E-state index contributed by atoms with van der Waals surface area (Å²) in [5.74, 6) is 0. The molecule has 6 heteroatoms. The highest BCUT2D eigenvalue weighted by Crippen LogP contribution is 2.13. The van der Waals surface area contributed by atoms with Crippen molar-refractivity contribution in [3.63, 3.8) is 0 Å². The lowest BCUT2D eigenvalue weighted by atomic mass is 10.1. The van der Waals surface area contributed by atoms with E-state index in [1.54, 1.807) is 6.07 Å². The Hall–Kier alpha value is -2.24. The summed E-state index contributed by atoms with van der Waals surface area (Å²) >= 11 is 0. The molecule has 0 fully saturated rings. The van der Waals surface area contributed by atoms with Crippen molar-refractivity contribution < 1.29 is 14.3 Å². The molecule has 0 saturated carbocycles. The van der Waals surface area contributed by atoms with Gasteiger partial charge in [0.1, 0.15) is 0 Å². The average molecular weight is 237 g/mol. The number of urea groups is 1. The molecule has 0 spiro atoms. The van der Waals surface area contributed by atoms with E-state index in [1.807, 2.05) is 26.0 Å². The summed E-state index contributed by atoms with van der Waals surface area (Å²) in [5, 5.41) is 2.57. The maximum absolute atomic E-state index is 11.3. The second kappa shape index (κ2) is 5.74. The third-order valence-corrected chi connectivity index (χ3v) is 2.23. The average Bonchev–Trinajstić information content (AvgIpc) is 2.31. The highest BCUT2D eigenvalue weighted by atomic mass is 16.5. The molecule has 92 valence electrons. The summed E-state index contributed by atoms with van der Waals surface area (Å²) < 4.78 is 4.29. The Labute approximate surface area is 99.3 Å². The fraction of sp³-hybridized carbons (Fsp3) is 0.273. The Morgan fingerprint density at radius 2 is 1.82 bits per heavy atom. The molecule has 0 radical (unpaired) electrons. The van der Waals surface area contributed by atoms with Gasteiger partial charge in [-0.2, -0.15) is 0 Å². The SMILES string of the molecule is COC(=O)NNC(=O)Nc1ccc(C)c(C)c1. The first kappa shape index (κ1) is 12.8. The fourth-order valence-electron chi connectivity index (χ4n) is 1.14. The minimum atomic E-state index is -0.736. The lowest BCUT2D eigenvalue weighted by Crippen LogP contribution is -2.43. The van der Waals surface area contributed by atoms with Gasteiger partial charge in [-0.25, -0.2) is 20.4 Å². The minimum absolute atomic E-state index is 0.543. The Bertz CT molecular complexity index is 432. The van der Waals surface area contributed by atoms with E-state index in [9.17, 15) is 9.59 Å². The Morgan fingerprint density at radius 3 is 2.41 bits per heavy atom. The summed E-state index contributed by atoms with van der Waals surface area (Å²) in [4.78, 5) is 22.0. The number of hydrazine groups is 1. The van der Waals surface area contributed by atoms with Crippen LogP contribution in [0.4, 0.5) is 15.3 Å². The molecular weight excluding hydrogens is 222 g/mol. The number of anilines is 1. The van der Waals surface area contributed by atoms with Crippen molar-refractivity contribution in [2.75, 3.05) is 12.4 Å². The van der Waals surface area contributed by atoms with Gasteiger partial charge in [0.15, 0.2) is 0 Å². The Balaban J connectivity index is 2.50. The predicted octanol–water partition coefficient (Wildman–Crippen LogP) is 1.70. The van der Waals surface area contributed by atoms with Gasteiger partial charge in [0, 0.05) is 5.69 Å². The normalized spacial score (nSPS) is 9.35. The van der Waals surface area contributed by atoms with E-state index in [0.29, 0.717) is 5.69 Å². The van der Waals surface area contributed by atoms with Crippen LogP contribution in [0.15, 0.2) is 18.2 Å². The molecule has 1 aromatic carbocycles. The van der Waals surface area contributed by atoms with Gasteiger partial charge in [-0.05, 0) is 37.1 Å². The molecule has 1 aromatic rings. The minimum Gasteiger partial charge on any atom is -0.452 e. The van der Waals surface area contributed by atoms with E-state index in [2.05, 4.69) is 20.9 Å². The lowest BCUT2D eigenvalue weighted by Gasteiger charge is -2.09. The summed E-state index contributed by atoms with van der Waals surface area (Å²) in [6.07, 6.45) is -0.736. The van der Waals surface area contributed by atoms with Crippen LogP contribution in [0.5, 0.6) is 0 Å². The zero-order chi connectivity index (χ0) is 12.8. The van der Waals surface area contributed by atoms with Crippen molar-refractivity contribution in [1.82, 2.24) is 10.9 Å². The number of rotatable bonds is 1. The smallest absolute Gasteiger partial charge is 0.425 e. The number of methoxy groups -OCH3 is 1. The number of aryl methyl sites for hydroxylation is 2. The van der Waals surface area contributed by atoms with Crippen LogP contribution >= 0.6 is 0 Å². The van der Waals surface area contributed by atoms with Crippen LogP contribution in [-0.4, -0.2) is 19.2 Å². The zero-order valence-corrected chi connectivity index (χ0v) is 9.96. The van der Waals surface area contributed by atoms with Crippen molar-refractivity contribution in [2.24, 2.45) is 0 Å². The third kappa shape index (κ3) is 4.02. The summed E-state index contributed by atoms with van der Waals surface area (Å²) in [7, 11) is 1.21. The number of hydrogen-bond acceptors (Lipinski definition) is 3. The lowest BCUT2D eigenvalue weighted by molar-refractivity contribution is 0.166. The number of carbonyl (C=O) groups excluding carboxylic acids is 2. The van der Waals surface area contributed by atoms with E-state index in [0.717, 1.165) is 11.1 Å². The molecular formula is C11H15N3O3. The first-order valence-corrected chi connectivity index (χ1v) is 5.01. The molecule has 0 aliphatic heterocycles. The van der Waals surface area contributed by atoms with Gasteiger partial charge < -0.3 is 10.1 Å². The second-order valence-corrected chi connectivity index (χ2v) is 3.49. The Morgan fingerprint density at radius 1 is 1.12 bits per heavy atom. The second-order valence-electron chi connectivity index (χ2n) is 3.49. The molecule has 3 N–H and O–H groups in total. The number of hydrogen-bond donors (Lipinski definition) is 3. The van der Waals surface area contributed by atoms with Gasteiger partial charge in [0.25, 0.3) is 0 Å². The monoisotopic (exact) mass is 237 g/mol. The number of carbonyl (C=O) groups is 2. The van der Waals surface area contributed by atoms with Crippen LogP contribution in [0.1, 0.15) is 11.1 Å². The van der Waals surface area contributed by atoms with Gasteiger partial charge in [-0.15, -0.1) is 0 Å². The molecule has 1 rings (SSSR count). The molecule has 0 aliphatic carbocycles. The van der Waals surface area contributed by atoms with E-state index >= 15 is 0 Å². The first-order valence-electron chi connectivity index (χ1n) is 5.01. The zero-order valence-electron chi connectivity index (χ0n) is 9.96. The maximum atomic E-state index is 11.3. The van der Waals surface area contributed by atoms with Gasteiger partial charge >= 0.3 is 12.1 Å². The highest BCUT2D eigenvalue weighted by Gasteiger charge is 2.04. The van der Waals surface area contributed by atoms with Crippen LogP contribution in [-0.2, 0) is 4.74 Å². The van der Waals surface area contributed by atoms with Crippen LogP contribution in [0, 0.1) is 13.8 Å². The van der Waals surface area contributed by atoms with E-state index in [1.165, 1.54) is 7.11 Å². The van der Waals surface area contributed by atoms with Gasteiger partial charge in [-0.1, -0.05) is 6.07 Å². The molecule has 0 aliphatic rings. The van der Waals surface area contributed by atoms with Gasteiger partial charge in [0.2, 0.25) is 0 Å². The molecule has 0 heterocycles. The standard InChI is InChI=1S/C11H15N3O3/c1-7-4-5-9(6-8(7)2)12-10(15)13-14-11(16)17-3/h4-6H,1-3H3,(H,14,16)(H2,12,13,15). The quantitative estimate of drug-likeness (QED) is 0.650. The molecule has 6 nitrogen and oxygen atoms in total. The Kier molecular flexibility index (Phi) is 4.33. The molecule has 3 amide bonds. The van der Waals surface area contributed by atoms with E-state index in [-0.39, 0.29) is 0 Å². The van der Waals surface area contributed by atoms with Gasteiger partial charge in [0.05, 0.1) is 7.11 Å².